The molecule has 2 aliphatic carbocycles. The van der Waals surface area contributed by atoms with Gasteiger partial charge in [0, 0.05) is 34.6 Å². The first-order valence-corrected chi connectivity index (χ1v) is 26.7. The van der Waals surface area contributed by atoms with Gasteiger partial charge in [-0.2, -0.15) is 0 Å². The van der Waals surface area contributed by atoms with E-state index in [9.17, 15) is 0 Å². The van der Waals surface area contributed by atoms with Gasteiger partial charge in [0.2, 0.25) is 0 Å². The van der Waals surface area contributed by atoms with Gasteiger partial charge in [-0.25, -0.2) is 0 Å². The Bertz CT molecular complexity index is 3400. The third-order valence-corrected chi connectivity index (χ3v) is 16.7. The first-order chi connectivity index (χ1) is 36.2. The molecule has 0 amide bonds. The maximum atomic E-state index is 2.65. The van der Waals surface area contributed by atoms with Crippen LogP contribution in [0.3, 0.4) is 0 Å². The number of fused-ring (bicyclic) bond motifs is 4. The number of hydrogen-bond acceptors (Lipinski definition) is 2. The molecular formula is C72H64N2. The van der Waals surface area contributed by atoms with Gasteiger partial charge < -0.3 is 9.80 Å². The van der Waals surface area contributed by atoms with Crippen molar-refractivity contribution in [3.05, 3.63) is 277 Å². The lowest BCUT2D eigenvalue weighted by molar-refractivity contribution is 0.362. The maximum Gasteiger partial charge on any atom is 0.0743 e. The summed E-state index contributed by atoms with van der Waals surface area (Å²) in [6, 6.07) is 92.5. The van der Waals surface area contributed by atoms with E-state index in [1.54, 1.807) is 0 Å². The second-order valence-electron chi connectivity index (χ2n) is 21.3. The molecule has 2 heteroatoms. The van der Waals surface area contributed by atoms with Crippen LogP contribution in [0.4, 0.5) is 22.7 Å². The third kappa shape index (κ3) is 8.05. The van der Waals surface area contributed by atoms with Crippen molar-refractivity contribution < 1.29 is 0 Å². The molecule has 10 aromatic carbocycles. The number of anilines is 4. The fourth-order valence-electron chi connectivity index (χ4n) is 12.7. The number of rotatable bonds is 14. The lowest BCUT2D eigenvalue weighted by Crippen LogP contribution is -2.51. The van der Waals surface area contributed by atoms with E-state index in [1.165, 1.54) is 106 Å². The second kappa shape index (κ2) is 19.0. The third-order valence-electron chi connectivity index (χ3n) is 16.7. The molecule has 2 atom stereocenters. The Morgan fingerprint density at radius 1 is 0.392 bits per heavy atom. The molecule has 2 nitrogen and oxygen atoms in total. The summed E-state index contributed by atoms with van der Waals surface area (Å²) in [5, 5.41) is 0. The Kier molecular flexibility index (Phi) is 12.0. The Labute approximate surface area is 439 Å². The first-order valence-electron chi connectivity index (χ1n) is 26.7. The molecule has 0 saturated carbocycles. The van der Waals surface area contributed by atoms with Gasteiger partial charge in [0.25, 0.3) is 0 Å². The largest absolute Gasteiger partial charge is 0.331 e. The standard InChI is InChI=1S/C72H64N2/c1-6-46-71(5,73(61-37-28-55(29-38-61)51-20-12-8-13-21-51)62-39-30-56(31-40-62)52-22-14-9-15-23-52)60-36-45-65-66-47-59-50-72(7-2,67(59)49-69(66)70(3,4)68(65)48-60)74(63-41-32-57(33-42-63)53-24-16-10-17-25-53)64-43-34-58(35-44-64)54-26-18-11-19-27-54/h8-45,47-49H,6-7,46,50H2,1-5H3. The van der Waals surface area contributed by atoms with Gasteiger partial charge in [0.05, 0.1) is 11.1 Å². The minimum atomic E-state index is -0.370. The van der Waals surface area contributed by atoms with Crippen LogP contribution in [0, 0.1) is 0 Å². The quantitative estimate of drug-likeness (QED) is 0.107. The Morgan fingerprint density at radius 2 is 0.770 bits per heavy atom. The molecule has 0 aliphatic heterocycles. The topological polar surface area (TPSA) is 6.48 Å². The van der Waals surface area contributed by atoms with Gasteiger partial charge in [0.1, 0.15) is 0 Å². The van der Waals surface area contributed by atoms with E-state index in [-0.39, 0.29) is 16.5 Å². The van der Waals surface area contributed by atoms with Crippen molar-refractivity contribution in [2.24, 2.45) is 0 Å². The summed E-state index contributed by atoms with van der Waals surface area (Å²) in [5.41, 5.74) is 23.6. The zero-order valence-corrected chi connectivity index (χ0v) is 43.4. The molecule has 2 aliphatic rings. The summed E-state index contributed by atoms with van der Waals surface area (Å²) in [6.07, 6.45) is 3.95. The van der Waals surface area contributed by atoms with Crippen LogP contribution < -0.4 is 9.80 Å². The van der Waals surface area contributed by atoms with Gasteiger partial charge in [0.15, 0.2) is 0 Å². The number of nitrogens with zero attached hydrogens (tertiary/aromatic N) is 2. The fraction of sp³-hybridized carbons (Fsp3) is 0.167. The highest BCUT2D eigenvalue weighted by Gasteiger charge is 2.50. The van der Waals surface area contributed by atoms with Crippen molar-refractivity contribution in [2.45, 2.75) is 76.8 Å². The highest BCUT2D eigenvalue weighted by Crippen LogP contribution is 2.58. The van der Waals surface area contributed by atoms with Crippen LogP contribution in [0.5, 0.6) is 0 Å². The number of hydrogen-bond donors (Lipinski definition) is 0. The fourth-order valence-corrected chi connectivity index (χ4v) is 12.7. The second-order valence-corrected chi connectivity index (χ2v) is 21.3. The molecule has 0 spiro atoms. The van der Waals surface area contributed by atoms with Crippen molar-refractivity contribution in [1.82, 2.24) is 0 Å². The van der Waals surface area contributed by atoms with E-state index in [2.05, 4.69) is 293 Å². The number of benzene rings is 10. The van der Waals surface area contributed by atoms with Crippen molar-refractivity contribution in [3.8, 4) is 55.6 Å². The molecule has 10 aromatic rings. The van der Waals surface area contributed by atoms with E-state index in [4.69, 9.17) is 0 Å². The molecule has 0 N–H and O–H groups in total. The minimum Gasteiger partial charge on any atom is -0.331 e. The van der Waals surface area contributed by atoms with Crippen LogP contribution in [0.25, 0.3) is 55.6 Å². The molecule has 0 bridgehead atoms. The van der Waals surface area contributed by atoms with E-state index in [1.807, 2.05) is 0 Å². The normalized spacial score (nSPS) is 15.7. The highest BCUT2D eigenvalue weighted by molar-refractivity contribution is 5.85. The van der Waals surface area contributed by atoms with Gasteiger partial charge in [-0.15, -0.1) is 0 Å². The molecule has 74 heavy (non-hydrogen) atoms. The van der Waals surface area contributed by atoms with Gasteiger partial charge in [-0.1, -0.05) is 234 Å². The molecular weight excluding hydrogens is 893 g/mol. The average molecular weight is 957 g/mol. The molecule has 0 fully saturated rings. The molecule has 12 rings (SSSR count). The Morgan fingerprint density at radius 3 is 1.16 bits per heavy atom. The minimum absolute atomic E-state index is 0.225. The summed E-state index contributed by atoms with van der Waals surface area (Å²) >= 11 is 0. The maximum absolute atomic E-state index is 2.65. The van der Waals surface area contributed by atoms with Crippen molar-refractivity contribution in [2.75, 3.05) is 9.80 Å². The van der Waals surface area contributed by atoms with Gasteiger partial charge in [-0.05, 0) is 152 Å². The van der Waals surface area contributed by atoms with E-state index in [0.29, 0.717) is 0 Å². The van der Waals surface area contributed by atoms with E-state index < -0.39 is 0 Å². The molecule has 0 saturated heterocycles. The summed E-state index contributed by atoms with van der Waals surface area (Å²) in [7, 11) is 0. The van der Waals surface area contributed by atoms with Gasteiger partial charge >= 0.3 is 0 Å². The monoisotopic (exact) mass is 957 g/mol. The smallest absolute Gasteiger partial charge is 0.0743 e. The van der Waals surface area contributed by atoms with E-state index in [0.717, 1.165) is 25.7 Å². The van der Waals surface area contributed by atoms with Gasteiger partial charge in [-0.3, -0.25) is 0 Å². The van der Waals surface area contributed by atoms with Crippen molar-refractivity contribution in [1.29, 1.82) is 0 Å². The average Bonchev–Trinajstić information content (AvgIpc) is 3.69. The lowest BCUT2D eigenvalue weighted by Gasteiger charge is -2.53. The zero-order chi connectivity index (χ0) is 50.4. The Balaban J connectivity index is 0.937. The zero-order valence-electron chi connectivity index (χ0n) is 43.4. The molecule has 362 valence electrons. The predicted octanol–water partition coefficient (Wildman–Crippen LogP) is 19.5. The lowest BCUT2D eigenvalue weighted by atomic mass is 9.65. The highest BCUT2D eigenvalue weighted by atomic mass is 15.2. The molecule has 0 heterocycles. The van der Waals surface area contributed by atoms with Crippen LogP contribution in [0.2, 0.25) is 0 Å². The van der Waals surface area contributed by atoms with Crippen LogP contribution in [-0.4, -0.2) is 0 Å². The van der Waals surface area contributed by atoms with Crippen LogP contribution in [0.1, 0.15) is 81.7 Å². The van der Waals surface area contributed by atoms with Crippen LogP contribution in [0.15, 0.2) is 249 Å². The van der Waals surface area contributed by atoms with E-state index >= 15 is 0 Å². The SMILES string of the molecule is CCCC(C)(c1ccc2c(c1)C(C)(C)c1cc3c(cc1-2)CC3(CC)N(c1ccc(-c2ccccc2)cc1)c1ccc(-c2ccccc2)cc1)N(c1ccc(-c2ccccc2)cc1)c1ccc(-c2ccccc2)cc1. The van der Waals surface area contributed by atoms with Crippen molar-refractivity contribution in [3.63, 3.8) is 0 Å². The Hall–Kier alpha value is -8.20. The molecule has 0 aromatic heterocycles. The van der Waals surface area contributed by atoms with Crippen LogP contribution in [-0.2, 0) is 22.9 Å². The summed E-state index contributed by atoms with van der Waals surface area (Å²) in [6.45, 7) is 12.1. The van der Waals surface area contributed by atoms with Crippen LogP contribution >= 0.6 is 0 Å². The molecule has 2 unspecified atom stereocenters. The first kappa shape index (κ1) is 46.8. The summed E-state index contributed by atoms with van der Waals surface area (Å²) in [4.78, 5) is 5.27. The molecule has 0 radical (unpaired) electrons. The predicted molar refractivity (Wildman–Crippen MR) is 314 cm³/mol. The summed E-state index contributed by atoms with van der Waals surface area (Å²) < 4.78 is 0. The van der Waals surface area contributed by atoms with Crippen molar-refractivity contribution >= 4 is 22.7 Å². The summed E-state index contributed by atoms with van der Waals surface area (Å²) in [5.74, 6) is 0.